The minimum atomic E-state index is -0.800. The summed E-state index contributed by atoms with van der Waals surface area (Å²) in [6.07, 6.45) is 5.42. The number of hydrogen-bond acceptors (Lipinski definition) is 3. The third-order valence-corrected chi connectivity index (χ3v) is 4.19. The van der Waals surface area contributed by atoms with Crippen molar-refractivity contribution in [1.29, 1.82) is 0 Å². The monoisotopic (exact) mass is 285 g/mol. The Morgan fingerprint density at radius 1 is 1.25 bits per heavy atom. The molecule has 1 rings (SSSR count). The SMILES string of the molecule is CCC1(CC)CC(NC(=O)CCCCC(=O)O)CCO1. The van der Waals surface area contributed by atoms with Crippen LogP contribution < -0.4 is 5.32 Å². The molecule has 1 unspecified atom stereocenters. The van der Waals surface area contributed by atoms with E-state index in [0.717, 1.165) is 25.7 Å². The van der Waals surface area contributed by atoms with Crippen molar-refractivity contribution in [3.05, 3.63) is 0 Å². The maximum absolute atomic E-state index is 11.8. The first-order valence-electron chi connectivity index (χ1n) is 7.66. The van der Waals surface area contributed by atoms with Gasteiger partial charge >= 0.3 is 5.97 Å². The first kappa shape index (κ1) is 17.0. The number of carbonyl (C=O) groups is 2. The normalized spacial score (nSPS) is 21.4. The van der Waals surface area contributed by atoms with Gasteiger partial charge < -0.3 is 15.2 Å². The van der Waals surface area contributed by atoms with Crippen LogP contribution in [0.1, 0.15) is 65.2 Å². The van der Waals surface area contributed by atoms with Crippen LogP contribution in [0.2, 0.25) is 0 Å². The van der Waals surface area contributed by atoms with Gasteiger partial charge in [-0.05, 0) is 38.5 Å². The summed E-state index contributed by atoms with van der Waals surface area (Å²) in [7, 11) is 0. The summed E-state index contributed by atoms with van der Waals surface area (Å²) in [6, 6.07) is 0.190. The van der Waals surface area contributed by atoms with Crippen LogP contribution in [0.4, 0.5) is 0 Å². The van der Waals surface area contributed by atoms with Gasteiger partial charge in [0.1, 0.15) is 0 Å². The average molecular weight is 285 g/mol. The lowest BCUT2D eigenvalue weighted by atomic mass is 9.86. The summed E-state index contributed by atoms with van der Waals surface area (Å²) in [5.74, 6) is -0.770. The van der Waals surface area contributed by atoms with Gasteiger partial charge in [-0.3, -0.25) is 9.59 Å². The van der Waals surface area contributed by atoms with Crippen LogP contribution in [-0.4, -0.2) is 35.2 Å². The zero-order valence-corrected chi connectivity index (χ0v) is 12.6. The molecule has 0 aromatic carbocycles. The Hall–Kier alpha value is -1.10. The number of unbranched alkanes of at least 4 members (excludes halogenated alkanes) is 1. The van der Waals surface area contributed by atoms with E-state index >= 15 is 0 Å². The highest BCUT2D eigenvalue weighted by atomic mass is 16.5. The number of amides is 1. The van der Waals surface area contributed by atoms with Gasteiger partial charge in [-0.2, -0.15) is 0 Å². The van der Waals surface area contributed by atoms with Gasteiger partial charge in [-0.25, -0.2) is 0 Å². The molecule has 1 heterocycles. The van der Waals surface area contributed by atoms with Crippen molar-refractivity contribution in [3.8, 4) is 0 Å². The van der Waals surface area contributed by atoms with E-state index in [9.17, 15) is 9.59 Å². The van der Waals surface area contributed by atoms with E-state index in [2.05, 4.69) is 19.2 Å². The lowest BCUT2D eigenvalue weighted by molar-refractivity contribution is -0.137. The summed E-state index contributed by atoms with van der Waals surface area (Å²) in [4.78, 5) is 22.2. The molecule has 0 saturated carbocycles. The van der Waals surface area contributed by atoms with Crippen molar-refractivity contribution in [2.45, 2.75) is 76.9 Å². The Kier molecular flexibility index (Phi) is 6.99. The molecule has 1 aliphatic rings. The number of carbonyl (C=O) groups excluding carboxylic acids is 1. The fourth-order valence-corrected chi connectivity index (χ4v) is 2.76. The zero-order chi connectivity index (χ0) is 15.0. The minimum absolute atomic E-state index is 0.0309. The number of hydrogen-bond donors (Lipinski definition) is 2. The molecule has 1 atom stereocenters. The van der Waals surface area contributed by atoms with E-state index in [4.69, 9.17) is 9.84 Å². The molecule has 0 bridgehead atoms. The number of carboxylic acids is 1. The maximum atomic E-state index is 11.8. The van der Waals surface area contributed by atoms with Gasteiger partial charge in [0, 0.05) is 25.5 Å². The zero-order valence-electron chi connectivity index (χ0n) is 12.6. The van der Waals surface area contributed by atoms with E-state index in [-0.39, 0.29) is 24.0 Å². The smallest absolute Gasteiger partial charge is 0.303 e. The van der Waals surface area contributed by atoms with Gasteiger partial charge in [0.2, 0.25) is 5.91 Å². The van der Waals surface area contributed by atoms with Crippen LogP contribution in [0.25, 0.3) is 0 Å². The van der Waals surface area contributed by atoms with Crippen molar-refractivity contribution >= 4 is 11.9 Å². The van der Waals surface area contributed by atoms with Crippen LogP contribution in [0.3, 0.4) is 0 Å². The van der Waals surface area contributed by atoms with Crippen LogP contribution in [0.5, 0.6) is 0 Å². The first-order chi connectivity index (χ1) is 9.51. The number of nitrogens with one attached hydrogen (secondary N) is 1. The largest absolute Gasteiger partial charge is 0.481 e. The second-order valence-corrected chi connectivity index (χ2v) is 5.60. The Morgan fingerprint density at radius 2 is 1.90 bits per heavy atom. The van der Waals surface area contributed by atoms with Gasteiger partial charge in [-0.1, -0.05) is 13.8 Å². The van der Waals surface area contributed by atoms with Gasteiger partial charge in [0.25, 0.3) is 0 Å². The quantitative estimate of drug-likeness (QED) is 0.672. The standard InChI is InChI=1S/C15H27NO4/c1-3-15(4-2)11-12(9-10-20-15)16-13(17)7-5-6-8-14(18)19/h12H,3-11H2,1-2H3,(H,16,17)(H,18,19). The van der Waals surface area contributed by atoms with E-state index in [0.29, 0.717) is 25.9 Å². The maximum Gasteiger partial charge on any atom is 0.303 e. The number of rotatable bonds is 8. The summed E-state index contributed by atoms with van der Waals surface area (Å²) in [6.45, 7) is 4.95. The molecule has 5 heteroatoms. The molecule has 0 spiro atoms. The Labute approximate surface area is 121 Å². The summed E-state index contributed by atoms with van der Waals surface area (Å²) in [5, 5.41) is 11.6. The highest BCUT2D eigenvalue weighted by Crippen LogP contribution is 2.31. The van der Waals surface area contributed by atoms with E-state index in [1.165, 1.54) is 0 Å². The molecule has 2 N–H and O–H groups in total. The highest BCUT2D eigenvalue weighted by molar-refractivity contribution is 5.76. The van der Waals surface area contributed by atoms with Crippen LogP contribution in [0.15, 0.2) is 0 Å². The fraction of sp³-hybridized carbons (Fsp3) is 0.867. The molecular weight excluding hydrogens is 258 g/mol. The molecule has 0 radical (unpaired) electrons. The molecule has 0 aromatic rings. The molecule has 1 fully saturated rings. The third-order valence-electron chi connectivity index (χ3n) is 4.19. The van der Waals surface area contributed by atoms with Crippen molar-refractivity contribution in [2.75, 3.05) is 6.61 Å². The Morgan fingerprint density at radius 3 is 2.50 bits per heavy atom. The van der Waals surface area contributed by atoms with E-state index in [1.54, 1.807) is 0 Å². The molecule has 1 amide bonds. The molecule has 1 saturated heterocycles. The Bertz CT molecular complexity index is 326. The van der Waals surface area contributed by atoms with Crippen LogP contribution in [-0.2, 0) is 14.3 Å². The van der Waals surface area contributed by atoms with Gasteiger partial charge in [0.05, 0.1) is 5.60 Å². The van der Waals surface area contributed by atoms with E-state index in [1.807, 2.05) is 0 Å². The minimum Gasteiger partial charge on any atom is -0.481 e. The highest BCUT2D eigenvalue weighted by Gasteiger charge is 2.34. The third kappa shape index (κ3) is 5.49. The van der Waals surface area contributed by atoms with E-state index < -0.39 is 5.97 Å². The van der Waals surface area contributed by atoms with Crippen LogP contribution >= 0.6 is 0 Å². The van der Waals surface area contributed by atoms with Crippen LogP contribution in [0, 0.1) is 0 Å². The topological polar surface area (TPSA) is 75.6 Å². The van der Waals surface area contributed by atoms with Crippen molar-refractivity contribution in [1.82, 2.24) is 5.32 Å². The fourth-order valence-electron chi connectivity index (χ4n) is 2.76. The second kappa shape index (κ2) is 8.25. The lowest BCUT2D eigenvalue weighted by Gasteiger charge is -2.40. The summed E-state index contributed by atoms with van der Waals surface area (Å²) in [5.41, 5.74) is -0.0838. The summed E-state index contributed by atoms with van der Waals surface area (Å²) < 4.78 is 5.88. The van der Waals surface area contributed by atoms with Gasteiger partial charge in [0.15, 0.2) is 0 Å². The lowest BCUT2D eigenvalue weighted by Crippen LogP contribution is -2.48. The molecule has 0 aromatic heterocycles. The summed E-state index contributed by atoms with van der Waals surface area (Å²) >= 11 is 0. The first-order valence-corrected chi connectivity index (χ1v) is 7.66. The number of ether oxygens (including phenoxy) is 1. The van der Waals surface area contributed by atoms with Crippen molar-refractivity contribution in [2.24, 2.45) is 0 Å². The number of carboxylic acid groups (broad SMARTS) is 1. The molecule has 0 aliphatic carbocycles. The molecule has 20 heavy (non-hydrogen) atoms. The average Bonchev–Trinajstić information content (AvgIpc) is 2.43. The Balaban J connectivity index is 2.29. The van der Waals surface area contributed by atoms with Crippen molar-refractivity contribution < 1.29 is 19.4 Å². The molecule has 5 nitrogen and oxygen atoms in total. The predicted molar refractivity (Wildman–Crippen MR) is 76.5 cm³/mol. The molecular formula is C15H27NO4. The number of aliphatic carboxylic acids is 1. The predicted octanol–water partition coefficient (Wildman–Crippen LogP) is 2.49. The van der Waals surface area contributed by atoms with Gasteiger partial charge in [-0.15, -0.1) is 0 Å². The van der Waals surface area contributed by atoms with Crippen molar-refractivity contribution in [3.63, 3.8) is 0 Å². The second-order valence-electron chi connectivity index (χ2n) is 5.60. The molecule has 116 valence electrons. The molecule has 1 aliphatic heterocycles.